The first-order valence-electron chi connectivity index (χ1n) is 6.15. The highest BCUT2D eigenvalue weighted by atomic mass is 32.1. The summed E-state index contributed by atoms with van der Waals surface area (Å²) in [5.74, 6) is -1.51. The Labute approximate surface area is 119 Å². The third-order valence-electron chi connectivity index (χ3n) is 2.83. The van der Waals surface area contributed by atoms with Crippen LogP contribution in [0.15, 0.2) is 18.2 Å². The molecule has 0 saturated carbocycles. The molecule has 2 rings (SSSR count). The monoisotopic (exact) mass is 294 g/mol. The Morgan fingerprint density at radius 2 is 2.25 bits per heavy atom. The van der Waals surface area contributed by atoms with Crippen molar-refractivity contribution in [2.24, 2.45) is 0 Å². The normalized spacial score (nSPS) is 18.8. The Morgan fingerprint density at radius 1 is 1.45 bits per heavy atom. The molecule has 1 atom stereocenters. The fourth-order valence-corrected chi connectivity index (χ4v) is 2.67. The van der Waals surface area contributed by atoms with Crippen LogP contribution in [0.2, 0.25) is 0 Å². The Kier molecular flexibility index (Phi) is 4.52. The first kappa shape index (κ1) is 14.3. The first-order valence-corrected chi connectivity index (χ1v) is 6.97. The quantitative estimate of drug-likeness (QED) is 0.718. The van der Waals surface area contributed by atoms with E-state index in [2.05, 4.69) is 10.6 Å². The number of piperidine rings is 1. The van der Waals surface area contributed by atoms with E-state index in [1.165, 1.54) is 17.4 Å². The highest BCUT2D eigenvalue weighted by Gasteiger charge is 2.24. The maximum Gasteiger partial charge on any atom is 0.328 e. The van der Waals surface area contributed by atoms with Gasteiger partial charge in [0, 0.05) is 17.5 Å². The summed E-state index contributed by atoms with van der Waals surface area (Å²) in [4.78, 5) is 35.1. The third kappa shape index (κ3) is 3.67. The third-order valence-corrected chi connectivity index (χ3v) is 3.88. The number of nitrogens with one attached hydrogen (secondary N) is 2. The topological polar surface area (TPSA) is 95.5 Å². The van der Waals surface area contributed by atoms with Crippen molar-refractivity contribution in [2.75, 3.05) is 6.54 Å². The first-order chi connectivity index (χ1) is 9.56. The zero-order valence-corrected chi connectivity index (χ0v) is 11.4. The minimum Gasteiger partial charge on any atom is -0.478 e. The van der Waals surface area contributed by atoms with E-state index in [1.54, 1.807) is 12.1 Å². The Balaban J connectivity index is 1.99. The second-order valence-electron chi connectivity index (χ2n) is 4.33. The van der Waals surface area contributed by atoms with Gasteiger partial charge < -0.3 is 15.7 Å². The molecule has 2 heterocycles. The smallest absolute Gasteiger partial charge is 0.328 e. The summed E-state index contributed by atoms with van der Waals surface area (Å²) >= 11 is 1.18. The minimum atomic E-state index is -1.04. The maximum absolute atomic E-state index is 12.0. The maximum atomic E-state index is 12.0. The number of rotatable bonds is 4. The molecular formula is C13H14N2O4S. The molecule has 6 nitrogen and oxygen atoms in total. The molecule has 1 aliphatic heterocycles. The summed E-state index contributed by atoms with van der Waals surface area (Å²) in [6.07, 6.45) is 3.92. The van der Waals surface area contributed by atoms with Crippen LogP contribution in [0.4, 0.5) is 0 Å². The lowest BCUT2D eigenvalue weighted by Gasteiger charge is -2.22. The van der Waals surface area contributed by atoms with Crippen LogP contribution in [0.5, 0.6) is 0 Å². The summed E-state index contributed by atoms with van der Waals surface area (Å²) in [5.41, 5.74) is 0. The molecule has 1 aromatic rings. The van der Waals surface area contributed by atoms with E-state index in [0.717, 1.165) is 12.5 Å². The SMILES string of the molecule is O=C(O)C=Cc1ccc(C(=O)NC2CCCNC2=O)s1. The van der Waals surface area contributed by atoms with Gasteiger partial charge in [-0.3, -0.25) is 9.59 Å². The van der Waals surface area contributed by atoms with Crippen LogP contribution in [0.25, 0.3) is 6.08 Å². The molecule has 3 N–H and O–H groups in total. The van der Waals surface area contributed by atoms with Crippen molar-refractivity contribution in [2.45, 2.75) is 18.9 Å². The molecule has 20 heavy (non-hydrogen) atoms. The van der Waals surface area contributed by atoms with E-state index in [1.807, 2.05) is 0 Å². The fraction of sp³-hybridized carbons (Fsp3) is 0.308. The van der Waals surface area contributed by atoms with Crippen molar-refractivity contribution < 1.29 is 19.5 Å². The molecule has 0 spiro atoms. The number of aliphatic carboxylic acids is 1. The molecule has 0 aromatic carbocycles. The lowest BCUT2D eigenvalue weighted by Crippen LogP contribution is -2.50. The van der Waals surface area contributed by atoms with Gasteiger partial charge in [-0.15, -0.1) is 11.3 Å². The second kappa shape index (κ2) is 6.33. The number of hydrogen-bond donors (Lipinski definition) is 3. The molecule has 106 valence electrons. The highest BCUT2D eigenvalue weighted by Crippen LogP contribution is 2.18. The lowest BCUT2D eigenvalue weighted by atomic mass is 10.1. The zero-order valence-electron chi connectivity index (χ0n) is 10.6. The summed E-state index contributed by atoms with van der Waals surface area (Å²) in [7, 11) is 0. The van der Waals surface area contributed by atoms with Gasteiger partial charge in [-0.1, -0.05) is 0 Å². The Bertz CT molecular complexity index is 564. The number of carboxylic acid groups (broad SMARTS) is 1. The summed E-state index contributed by atoms with van der Waals surface area (Å²) in [5, 5.41) is 13.9. The molecule has 1 unspecified atom stereocenters. The van der Waals surface area contributed by atoms with Crippen LogP contribution in [-0.4, -0.2) is 35.5 Å². The van der Waals surface area contributed by atoms with Crippen molar-refractivity contribution in [3.63, 3.8) is 0 Å². The van der Waals surface area contributed by atoms with Crippen LogP contribution in [0.1, 0.15) is 27.4 Å². The summed E-state index contributed by atoms with van der Waals surface area (Å²) in [6.45, 7) is 0.647. The number of carbonyl (C=O) groups is 3. The van der Waals surface area contributed by atoms with E-state index in [9.17, 15) is 14.4 Å². The van der Waals surface area contributed by atoms with Crippen LogP contribution in [0, 0.1) is 0 Å². The van der Waals surface area contributed by atoms with Crippen LogP contribution >= 0.6 is 11.3 Å². The molecular weight excluding hydrogens is 280 g/mol. The van der Waals surface area contributed by atoms with Gasteiger partial charge in [0.05, 0.1) is 4.88 Å². The molecule has 1 aromatic heterocycles. The van der Waals surface area contributed by atoms with Gasteiger partial charge in [0.25, 0.3) is 5.91 Å². The number of hydrogen-bond acceptors (Lipinski definition) is 4. The van der Waals surface area contributed by atoms with Crippen molar-refractivity contribution in [3.8, 4) is 0 Å². The summed E-state index contributed by atoms with van der Waals surface area (Å²) < 4.78 is 0. The lowest BCUT2D eigenvalue weighted by molar-refractivity contribution is -0.131. The molecule has 0 radical (unpaired) electrons. The second-order valence-corrected chi connectivity index (χ2v) is 5.45. The van der Waals surface area contributed by atoms with Crippen LogP contribution in [0.3, 0.4) is 0 Å². The zero-order chi connectivity index (χ0) is 14.5. The fourth-order valence-electron chi connectivity index (χ4n) is 1.86. The van der Waals surface area contributed by atoms with Gasteiger partial charge in [-0.2, -0.15) is 0 Å². The van der Waals surface area contributed by atoms with E-state index < -0.39 is 12.0 Å². The van der Waals surface area contributed by atoms with Crippen LogP contribution in [-0.2, 0) is 9.59 Å². The van der Waals surface area contributed by atoms with Gasteiger partial charge >= 0.3 is 5.97 Å². The molecule has 0 aliphatic carbocycles. The number of amides is 2. The van der Waals surface area contributed by atoms with E-state index in [4.69, 9.17) is 5.11 Å². The van der Waals surface area contributed by atoms with Gasteiger partial charge in [0.1, 0.15) is 6.04 Å². The highest BCUT2D eigenvalue weighted by molar-refractivity contribution is 7.14. The molecule has 7 heteroatoms. The average Bonchev–Trinajstić information content (AvgIpc) is 2.88. The number of carbonyl (C=O) groups excluding carboxylic acids is 2. The average molecular weight is 294 g/mol. The van der Waals surface area contributed by atoms with Gasteiger partial charge in [-0.05, 0) is 31.1 Å². The van der Waals surface area contributed by atoms with Crippen molar-refractivity contribution in [3.05, 3.63) is 28.0 Å². The van der Waals surface area contributed by atoms with E-state index in [0.29, 0.717) is 22.7 Å². The van der Waals surface area contributed by atoms with E-state index >= 15 is 0 Å². The molecule has 2 amide bonds. The van der Waals surface area contributed by atoms with Crippen molar-refractivity contribution in [1.29, 1.82) is 0 Å². The number of carboxylic acids is 1. The number of thiophene rings is 1. The Hall–Kier alpha value is -2.15. The Morgan fingerprint density at radius 3 is 2.95 bits per heavy atom. The van der Waals surface area contributed by atoms with Crippen molar-refractivity contribution in [1.82, 2.24) is 10.6 Å². The predicted molar refractivity (Wildman–Crippen MR) is 74.5 cm³/mol. The minimum absolute atomic E-state index is 0.160. The molecule has 1 aliphatic rings. The molecule has 0 bridgehead atoms. The van der Waals surface area contributed by atoms with Gasteiger partial charge in [0.15, 0.2) is 0 Å². The predicted octanol–water partition coefficient (Wildman–Crippen LogP) is 0.854. The molecule has 1 fully saturated rings. The van der Waals surface area contributed by atoms with Crippen molar-refractivity contribution >= 4 is 35.2 Å². The van der Waals surface area contributed by atoms with Crippen LogP contribution < -0.4 is 10.6 Å². The standard InChI is InChI=1S/C13H14N2O4S/c16-11(17)6-4-8-3-5-10(20-8)13(19)15-9-2-1-7-14-12(9)18/h3-6,9H,1-2,7H2,(H,14,18)(H,15,19)(H,16,17). The molecule has 1 saturated heterocycles. The van der Waals surface area contributed by atoms with Gasteiger partial charge in [-0.25, -0.2) is 4.79 Å². The largest absolute Gasteiger partial charge is 0.478 e. The van der Waals surface area contributed by atoms with Gasteiger partial charge in [0.2, 0.25) is 5.91 Å². The van der Waals surface area contributed by atoms with E-state index in [-0.39, 0.29) is 11.8 Å². The summed E-state index contributed by atoms with van der Waals surface area (Å²) in [6, 6.07) is 2.79.